The zero-order chi connectivity index (χ0) is 40.2. The van der Waals surface area contributed by atoms with Gasteiger partial charge in [-0.1, -0.05) is 196 Å². The van der Waals surface area contributed by atoms with Gasteiger partial charge >= 0.3 is 0 Å². The molecule has 8 aromatic carbocycles. The molecule has 284 valence electrons. The van der Waals surface area contributed by atoms with Crippen LogP contribution in [-0.2, 0) is 10.8 Å². The fraction of sp³-hybridized carbons (Fsp3) is 0.0690. The highest BCUT2D eigenvalue weighted by Crippen LogP contribution is 2.63. The molecule has 0 amide bonds. The molecule has 3 aliphatic carbocycles. The normalized spacial score (nSPS) is 15.0. The van der Waals surface area contributed by atoms with Crippen molar-refractivity contribution in [3.8, 4) is 33.4 Å². The second-order valence-corrected chi connectivity index (χ2v) is 16.9. The largest absolute Gasteiger partial charge is 0.455 e. The summed E-state index contributed by atoms with van der Waals surface area (Å²) in [5.74, 6) is 0. The number of nitrogens with one attached hydrogen (secondary N) is 1. The fourth-order valence-corrected chi connectivity index (χ4v) is 10.9. The summed E-state index contributed by atoms with van der Waals surface area (Å²) in [6.07, 6.45) is 6.70. The van der Waals surface area contributed by atoms with Crippen molar-refractivity contribution in [3.05, 3.63) is 239 Å². The van der Waals surface area contributed by atoms with E-state index in [2.05, 4.69) is 220 Å². The maximum absolute atomic E-state index is 6.89. The van der Waals surface area contributed by atoms with Gasteiger partial charge in [-0.05, 0) is 90.5 Å². The number of furan rings is 1. The molecule has 0 aliphatic heterocycles. The summed E-state index contributed by atoms with van der Waals surface area (Å²) >= 11 is 0. The van der Waals surface area contributed by atoms with E-state index in [9.17, 15) is 0 Å². The fourth-order valence-electron chi connectivity index (χ4n) is 10.9. The number of hydrogen-bond acceptors (Lipinski definition) is 2. The molecule has 1 spiro atoms. The summed E-state index contributed by atoms with van der Waals surface area (Å²) in [7, 11) is 0. The topological polar surface area (TPSA) is 25.2 Å². The van der Waals surface area contributed by atoms with E-state index in [0.717, 1.165) is 66.7 Å². The summed E-state index contributed by atoms with van der Waals surface area (Å²) in [5, 5.41) is 6.21. The lowest BCUT2D eigenvalue weighted by atomic mass is 9.69. The van der Waals surface area contributed by atoms with Gasteiger partial charge in [0.25, 0.3) is 0 Å². The predicted molar refractivity (Wildman–Crippen MR) is 251 cm³/mol. The number of allylic oxidation sites excluding steroid dienone is 4. The van der Waals surface area contributed by atoms with Gasteiger partial charge in [-0.3, -0.25) is 0 Å². The third-order valence-electron chi connectivity index (χ3n) is 13.5. The summed E-state index contributed by atoms with van der Waals surface area (Å²) < 4.78 is 6.89. The van der Waals surface area contributed by atoms with Gasteiger partial charge in [0.05, 0.1) is 11.1 Å². The third kappa shape index (κ3) is 4.65. The molecule has 1 N–H and O–H groups in total. The summed E-state index contributed by atoms with van der Waals surface area (Å²) in [4.78, 5) is 0. The zero-order valence-electron chi connectivity index (χ0n) is 33.6. The molecule has 60 heavy (non-hydrogen) atoms. The first kappa shape index (κ1) is 34.6. The van der Waals surface area contributed by atoms with E-state index >= 15 is 0 Å². The van der Waals surface area contributed by atoms with E-state index in [1.807, 2.05) is 0 Å². The molecular weight excluding hydrogens is 727 g/mol. The quantitative estimate of drug-likeness (QED) is 0.182. The number of para-hydroxylation sites is 2. The van der Waals surface area contributed by atoms with E-state index in [0.29, 0.717) is 0 Å². The van der Waals surface area contributed by atoms with Gasteiger partial charge in [0.15, 0.2) is 0 Å². The number of benzene rings is 8. The Morgan fingerprint density at radius 2 is 1.15 bits per heavy atom. The van der Waals surface area contributed by atoms with Crippen LogP contribution in [0.3, 0.4) is 0 Å². The second-order valence-electron chi connectivity index (χ2n) is 16.9. The van der Waals surface area contributed by atoms with Crippen molar-refractivity contribution in [3.63, 3.8) is 0 Å². The van der Waals surface area contributed by atoms with E-state index in [1.54, 1.807) is 0 Å². The van der Waals surface area contributed by atoms with E-state index in [4.69, 9.17) is 4.42 Å². The lowest BCUT2D eigenvalue weighted by molar-refractivity contribution is 0.660. The van der Waals surface area contributed by atoms with Gasteiger partial charge in [-0.15, -0.1) is 0 Å². The maximum Gasteiger partial charge on any atom is 0.143 e. The molecule has 1 aromatic heterocycles. The van der Waals surface area contributed by atoms with Gasteiger partial charge in [0.1, 0.15) is 11.2 Å². The third-order valence-corrected chi connectivity index (χ3v) is 13.5. The van der Waals surface area contributed by atoms with Crippen LogP contribution >= 0.6 is 0 Å². The van der Waals surface area contributed by atoms with Crippen LogP contribution in [0.5, 0.6) is 0 Å². The molecule has 0 saturated carbocycles. The first-order valence-electron chi connectivity index (χ1n) is 20.9. The van der Waals surface area contributed by atoms with Crippen molar-refractivity contribution in [1.29, 1.82) is 0 Å². The Balaban J connectivity index is 1.08. The first-order chi connectivity index (χ1) is 29.5. The van der Waals surface area contributed by atoms with Crippen molar-refractivity contribution in [2.24, 2.45) is 0 Å². The standard InChI is InChI=1S/C58H41NO/c1-4-47-46(54-51(34-33-45-44-23-11-15-28-53(44)60-56(45)54)58(47)49-26-13-9-21-41(49)42-22-10-14-27-50(42)58)31-29-37-19-16-24-39(36-17-6-5-7-18-36)55(37)59-38-30-32-43-40-20-8-12-25-48(40)57(2,3)52(43)35-38/h4-35,59H,1H2,2-3H3/b31-29-. The number of hydrogen-bond donors (Lipinski definition) is 1. The lowest BCUT2D eigenvalue weighted by Gasteiger charge is -2.31. The minimum atomic E-state index is -0.557. The maximum atomic E-state index is 6.89. The van der Waals surface area contributed by atoms with Crippen LogP contribution in [-0.4, -0.2) is 0 Å². The Labute approximate surface area is 350 Å². The van der Waals surface area contributed by atoms with E-state index < -0.39 is 5.41 Å². The van der Waals surface area contributed by atoms with Crippen LogP contribution in [0.4, 0.5) is 11.4 Å². The predicted octanol–water partition coefficient (Wildman–Crippen LogP) is 15.3. The Hall–Kier alpha value is -7.42. The van der Waals surface area contributed by atoms with Crippen LogP contribution < -0.4 is 5.32 Å². The highest BCUT2D eigenvalue weighted by atomic mass is 16.3. The van der Waals surface area contributed by atoms with Gasteiger partial charge < -0.3 is 9.73 Å². The highest BCUT2D eigenvalue weighted by Gasteiger charge is 2.52. The van der Waals surface area contributed by atoms with Crippen LogP contribution in [0.1, 0.15) is 52.8 Å². The van der Waals surface area contributed by atoms with Crippen molar-refractivity contribution in [2.45, 2.75) is 24.7 Å². The van der Waals surface area contributed by atoms with E-state index in [-0.39, 0.29) is 5.41 Å². The smallest absolute Gasteiger partial charge is 0.143 e. The van der Waals surface area contributed by atoms with Crippen molar-refractivity contribution in [1.82, 2.24) is 0 Å². The summed E-state index contributed by atoms with van der Waals surface area (Å²) in [6.45, 7) is 9.24. The molecule has 2 heteroatoms. The first-order valence-corrected chi connectivity index (χ1v) is 20.9. The molecular formula is C58H41NO. The molecule has 1 heterocycles. The monoisotopic (exact) mass is 767 g/mol. The molecule has 0 fully saturated rings. The van der Waals surface area contributed by atoms with Crippen molar-refractivity contribution in [2.75, 3.05) is 5.32 Å². The molecule has 3 aliphatic rings. The summed E-state index contributed by atoms with van der Waals surface area (Å²) in [5.41, 5.74) is 21.7. The van der Waals surface area contributed by atoms with Gasteiger partial charge in [-0.25, -0.2) is 0 Å². The second kappa shape index (κ2) is 12.8. The van der Waals surface area contributed by atoms with Crippen LogP contribution in [0.2, 0.25) is 0 Å². The number of rotatable bonds is 6. The minimum absolute atomic E-state index is 0.107. The van der Waals surface area contributed by atoms with Crippen molar-refractivity contribution < 1.29 is 4.42 Å². The SMILES string of the molecule is C=CC1=C(/C=C\c2cccc(-c3ccccc3)c2Nc2ccc3c(c2)C(C)(C)c2ccccc2-3)c2c(ccc3c2oc2ccccc23)C12c1ccccc1-c1ccccc12. The average molecular weight is 768 g/mol. The zero-order valence-corrected chi connectivity index (χ0v) is 33.6. The van der Waals surface area contributed by atoms with Gasteiger partial charge in [-0.2, -0.15) is 0 Å². The Kier molecular flexibility index (Phi) is 7.38. The number of fused-ring (bicyclic) bond motifs is 14. The van der Waals surface area contributed by atoms with Crippen LogP contribution in [0.15, 0.2) is 205 Å². The average Bonchev–Trinajstić information content (AvgIpc) is 3.98. The molecule has 0 radical (unpaired) electrons. The number of anilines is 2. The molecule has 0 unspecified atom stereocenters. The Morgan fingerprint density at radius 3 is 1.90 bits per heavy atom. The molecule has 2 nitrogen and oxygen atoms in total. The molecule has 0 bridgehead atoms. The molecule has 0 atom stereocenters. The summed E-state index contributed by atoms with van der Waals surface area (Å²) in [6, 6.07) is 63.8. The molecule has 9 aromatic rings. The lowest BCUT2D eigenvalue weighted by Crippen LogP contribution is -2.26. The van der Waals surface area contributed by atoms with E-state index in [1.165, 1.54) is 50.1 Å². The Bertz CT molecular complexity index is 3290. The molecule has 0 saturated heterocycles. The van der Waals surface area contributed by atoms with Gasteiger partial charge in [0, 0.05) is 33.0 Å². The van der Waals surface area contributed by atoms with Gasteiger partial charge in [0.2, 0.25) is 0 Å². The minimum Gasteiger partial charge on any atom is -0.455 e. The van der Waals surface area contributed by atoms with Crippen LogP contribution in [0, 0.1) is 0 Å². The Morgan fingerprint density at radius 1 is 0.517 bits per heavy atom. The highest BCUT2D eigenvalue weighted by molar-refractivity contribution is 6.13. The molecule has 12 rings (SSSR count). The van der Waals surface area contributed by atoms with Crippen LogP contribution in [0.25, 0.3) is 67.0 Å². The van der Waals surface area contributed by atoms with Crippen molar-refractivity contribution >= 4 is 45.0 Å².